The smallest absolute Gasteiger partial charge is 0.160 e. The highest BCUT2D eigenvalue weighted by molar-refractivity contribution is 6.15. The Balaban J connectivity index is 1.29. The molecule has 1 heterocycles. The molecule has 0 radical (unpaired) electrons. The molecular formula is C41H25N3. The van der Waals surface area contributed by atoms with Gasteiger partial charge in [0.2, 0.25) is 0 Å². The van der Waals surface area contributed by atoms with Crippen LogP contribution in [-0.4, -0.2) is 9.97 Å². The topological polar surface area (TPSA) is 49.6 Å². The molecule has 7 aromatic carbocycles. The molecule has 8 aromatic rings. The molecule has 0 aliphatic rings. The van der Waals surface area contributed by atoms with Crippen molar-refractivity contribution in [3.05, 3.63) is 157 Å². The maximum absolute atomic E-state index is 9.15. The van der Waals surface area contributed by atoms with Crippen molar-refractivity contribution in [1.82, 2.24) is 9.97 Å². The summed E-state index contributed by atoms with van der Waals surface area (Å²) in [5.74, 6) is 0.693. The highest BCUT2D eigenvalue weighted by Crippen LogP contribution is 2.36. The molecule has 0 aliphatic heterocycles. The van der Waals surface area contributed by atoms with Crippen LogP contribution in [0.1, 0.15) is 5.56 Å². The van der Waals surface area contributed by atoms with Gasteiger partial charge in [-0.15, -0.1) is 0 Å². The van der Waals surface area contributed by atoms with Crippen molar-refractivity contribution >= 4 is 32.3 Å². The molecule has 44 heavy (non-hydrogen) atoms. The van der Waals surface area contributed by atoms with E-state index in [1.807, 2.05) is 42.5 Å². The third-order valence-corrected chi connectivity index (χ3v) is 8.31. The van der Waals surface area contributed by atoms with Crippen molar-refractivity contribution < 1.29 is 0 Å². The second-order valence-corrected chi connectivity index (χ2v) is 11.0. The second-order valence-electron chi connectivity index (χ2n) is 11.0. The molecule has 3 heteroatoms. The first kappa shape index (κ1) is 25.6. The van der Waals surface area contributed by atoms with Crippen molar-refractivity contribution in [2.75, 3.05) is 0 Å². The average molecular weight is 560 g/mol. The molecule has 3 nitrogen and oxygen atoms in total. The molecule has 0 saturated carbocycles. The van der Waals surface area contributed by atoms with Gasteiger partial charge in [0, 0.05) is 16.7 Å². The van der Waals surface area contributed by atoms with E-state index in [2.05, 4.69) is 115 Å². The summed E-state index contributed by atoms with van der Waals surface area (Å²) in [6, 6.07) is 54.6. The fourth-order valence-corrected chi connectivity index (χ4v) is 6.03. The minimum atomic E-state index is 0.655. The Morgan fingerprint density at radius 2 is 1.07 bits per heavy atom. The number of aromatic nitrogens is 2. The third-order valence-electron chi connectivity index (χ3n) is 8.31. The minimum absolute atomic E-state index is 0.655. The molecule has 0 saturated heterocycles. The number of hydrogen-bond acceptors (Lipinski definition) is 3. The summed E-state index contributed by atoms with van der Waals surface area (Å²) in [4.78, 5) is 10.2. The Morgan fingerprint density at radius 3 is 1.82 bits per heavy atom. The van der Waals surface area contributed by atoms with Gasteiger partial charge >= 0.3 is 0 Å². The van der Waals surface area contributed by atoms with Gasteiger partial charge in [-0.3, -0.25) is 0 Å². The highest BCUT2D eigenvalue weighted by Gasteiger charge is 2.14. The summed E-state index contributed by atoms with van der Waals surface area (Å²) < 4.78 is 0. The zero-order chi connectivity index (χ0) is 29.5. The van der Waals surface area contributed by atoms with Crippen LogP contribution in [0.4, 0.5) is 0 Å². The Bertz CT molecular complexity index is 2370. The summed E-state index contributed by atoms with van der Waals surface area (Å²) in [6.45, 7) is 0. The van der Waals surface area contributed by atoms with Crippen molar-refractivity contribution in [2.24, 2.45) is 0 Å². The van der Waals surface area contributed by atoms with Crippen molar-refractivity contribution in [1.29, 1.82) is 5.26 Å². The molecule has 0 N–H and O–H groups in total. The van der Waals surface area contributed by atoms with Crippen LogP contribution in [0.3, 0.4) is 0 Å². The van der Waals surface area contributed by atoms with Crippen LogP contribution >= 0.6 is 0 Å². The molecule has 0 fully saturated rings. The molecule has 8 rings (SSSR count). The first-order valence-electron chi connectivity index (χ1n) is 14.6. The normalized spacial score (nSPS) is 11.2. The lowest BCUT2D eigenvalue weighted by Gasteiger charge is -2.13. The van der Waals surface area contributed by atoms with E-state index in [1.54, 1.807) is 0 Å². The van der Waals surface area contributed by atoms with Crippen LogP contribution in [0.15, 0.2) is 152 Å². The van der Waals surface area contributed by atoms with E-state index in [9.17, 15) is 0 Å². The summed E-state index contributed by atoms with van der Waals surface area (Å²) in [5.41, 5.74) is 7.63. The van der Waals surface area contributed by atoms with Crippen LogP contribution in [0, 0.1) is 11.3 Å². The first-order valence-corrected chi connectivity index (χ1v) is 14.6. The fraction of sp³-hybridized carbons (Fsp3) is 0. The number of nitrogens with zero attached hydrogens (tertiary/aromatic N) is 3. The Labute approximate surface area is 255 Å². The molecule has 0 unspecified atom stereocenters. The van der Waals surface area contributed by atoms with Gasteiger partial charge in [0.25, 0.3) is 0 Å². The molecule has 0 amide bonds. The summed E-state index contributed by atoms with van der Waals surface area (Å²) in [6.07, 6.45) is 0. The predicted octanol–water partition coefficient (Wildman–Crippen LogP) is 10.5. The summed E-state index contributed by atoms with van der Waals surface area (Å²) in [7, 11) is 0. The van der Waals surface area contributed by atoms with Gasteiger partial charge in [0.1, 0.15) is 0 Å². The Morgan fingerprint density at radius 1 is 0.409 bits per heavy atom. The van der Waals surface area contributed by atoms with Crippen LogP contribution in [0.5, 0.6) is 0 Å². The number of benzene rings is 7. The van der Waals surface area contributed by atoms with Gasteiger partial charge in [-0.25, -0.2) is 9.97 Å². The number of nitriles is 1. The zero-order valence-electron chi connectivity index (χ0n) is 23.8. The maximum atomic E-state index is 9.15. The predicted molar refractivity (Wildman–Crippen MR) is 181 cm³/mol. The largest absolute Gasteiger partial charge is 0.228 e. The number of rotatable bonds is 4. The van der Waals surface area contributed by atoms with Crippen LogP contribution in [0.25, 0.3) is 77.3 Å². The van der Waals surface area contributed by atoms with E-state index < -0.39 is 0 Å². The third kappa shape index (κ3) is 4.56. The molecule has 0 aliphatic carbocycles. The van der Waals surface area contributed by atoms with Crippen LogP contribution in [-0.2, 0) is 0 Å². The number of hydrogen-bond donors (Lipinski definition) is 0. The van der Waals surface area contributed by atoms with Gasteiger partial charge < -0.3 is 0 Å². The second kappa shape index (κ2) is 10.6. The van der Waals surface area contributed by atoms with E-state index in [0.717, 1.165) is 44.6 Å². The minimum Gasteiger partial charge on any atom is -0.228 e. The summed E-state index contributed by atoms with van der Waals surface area (Å²) in [5, 5.41) is 16.5. The lowest BCUT2D eigenvalue weighted by molar-refractivity contribution is 1.18. The zero-order valence-corrected chi connectivity index (χ0v) is 23.8. The first-order chi connectivity index (χ1) is 21.7. The summed E-state index contributed by atoms with van der Waals surface area (Å²) >= 11 is 0. The molecule has 0 spiro atoms. The van der Waals surface area contributed by atoms with Crippen molar-refractivity contribution in [3.8, 4) is 51.1 Å². The standard InChI is InChI=1S/C41H25N3/c42-26-27-13-15-28(16-14-27)29-17-19-30(20-18-29)39-25-40(44-41(43-39)31-7-2-1-3-8-31)37-12-6-11-35-36(37)22-21-34-23-32-9-4-5-10-33(32)24-38(34)35/h1-25H. The molecule has 0 bridgehead atoms. The van der Waals surface area contributed by atoms with Gasteiger partial charge in [-0.2, -0.15) is 5.26 Å². The van der Waals surface area contributed by atoms with E-state index in [1.165, 1.54) is 26.9 Å². The van der Waals surface area contributed by atoms with E-state index in [-0.39, 0.29) is 0 Å². The van der Waals surface area contributed by atoms with E-state index in [0.29, 0.717) is 11.4 Å². The van der Waals surface area contributed by atoms with E-state index in [4.69, 9.17) is 15.2 Å². The monoisotopic (exact) mass is 559 g/mol. The van der Waals surface area contributed by atoms with Crippen LogP contribution in [0.2, 0.25) is 0 Å². The van der Waals surface area contributed by atoms with Crippen LogP contribution < -0.4 is 0 Å². The lowest BCUT2D eigenvalue weighted by atomic mass is 9.94. The fourth-order valence-electron chi connectivity index (χ4n) is 6.03. The lowest BCUT2D eigenvalue weighted by Crippen LogP contribution is -1.96. The van der Waals surface area contributed by atoms with E-state index >= 15 is 0 Å². The number of fused-ring (bicyclic) bond motifs is 4. The van der Waals surface area contributed by atoms with Crippen molar-refractivity contribution in [2.45, 2.75) is 0 Å². The molecule has 1 aromatic heterocycles. The highest BCUT2D eigenvalue weighted by atomic mass is 14.9. The Kier molecular flexibility index (Phi) is 6.18. The molecule has 0 atom stereocenters. The van der Waals surface area contributed by atoms with Gasteiger partial charge in [-0.05, 0) is 73.8 Å². The molecular weight excluding hydrogens is 534 g/mol. The SMILES string of the molecule is N#Cc1ccc(-c2ccc(-c3cc(-c4cccc5c4ccc4cc6ccccc6cc45)nc(-c4ccccc4)n3)cc2)cc1. The Hall–Kier alpha value is -6.11. The van der Waals surface area contributed by atoms with Crippen molar-refractivity contribution in [3.63, 3.8) is 0 Å². The molecule has 204 valence electrons. The van der Waals surface area contributed by atoms with Gasteiger partial charge in [0.15, 0.2) is 5.82 Å². The van der Waals surface area contributed by atoms with Gasteiger partial charge in [0.05, 0.1) is 23.0 Å². The average Bonchev–Trinajstić information content (AvgIpc) is 3.10. The van der Waals surface area contributed by atoms with Gasteiger partial charge in [-0.1, -0.05) is 121 Å². The quantitative estimate of drug-likeness (QED) is 0.159. The maximum Gasteiger partial charge on any atom is 0.160 e.